The van der Waals surface area contributed by atoms with Crippen LogP contribution in [0.25, 0.3) is 11.2 Å². The predicted octanol–water partition coefficient (Wildman–Crippen LogP) is -2.00. The van der Waals surface area contributed by atoms with Gasteiger partial charge < -0.3 is 64.0 Å². The number of phosphoric ester groups is 3. The van der Waals surface area contributed by atoms with Crippen molar-refractivity contribution in [3.8, 4) is 0 Å². The summed E-state index contributed by atoms with van der Waals surface area (Å²) >= 11 is 4.80. The summed E-state index contributed by atoms with van der Waals surface area (Å²) < 4.78 is 114. The molecule has 2 aliphatic heterocycles. The Balaban J connectivity index is 1.29. The number of nitrogens with zero attached hydrogens (tertiary/aromatic N) is 4. The van der Waals surface area contributed by atoms with Gasteiger partial charge in [-0.2, -0.15) is 17.2 Å². The molecule has 0 saturated carbocycles. The summed E-state index contributed by atoms with van der Waals surface area (Å²) in [6, 6.07) is 1.22. The second-order valence-electron chi connectivity index (χ2n) is 11.5. The number of hydrogen-bond acceptors (Lipinski definition) is 23. The molecule has 33 nitrogen and oxygen atoms in total. The monoisotopic (exact) mass is 990 g/mol. The number of fused-ring (bicyclic) bond motifs is 1. The quantitative estimate of drug-likeness (QED) is 0.0484. The molecule has 332 valence electrons. The number of aromatic amines is 2. The van der Waals surface area contributed by atoms with Crippen LogP contribution in [0.1, 0.15) is 12.5 Å². The Morgan fingerprint density at radius 2 is 1.25 bits per heavy atom. The van der Waals surface area contributed by atoms with Gasteiger partial charge in [0.25, 0.3) is 5.56 Å². The van der Waals surface area contributed by atoms with Crippen LogP contribution >= 0.6 is 59.2 Å². The molecule has 0 aromatic carbocycles. The zero-order chi connectivity index (χ0) is 44.1. The summed E-state index contributed by atoms with van der Waals surface area (Å²) in [5.41, 5.74) is -2.43. The van der Waals surface area contributed by atoms with Gasteiger partial charge in [-0.25, -0.2) is 42.2 Å². The average Bonchev–Trinajstić information content (AvgIpc) is 3.70. The van der Waals surface area contributed by atoms with Gasteiger partial charge in [0, 0.05) is 6.20 Å². The van der Waals surface area contributed by atoms with E-state index in [1.807, 2.05) is 0 Å². The van der Waals surface area contributed by atoms with Gasteiger partial charge >= 0.3 is 52.6 Å². The Bertz CT molecular complexity index is 2520. The lowest BCUT2D eigenvalue weighted by Crippen LogP contribution is -2.36. The van der Waals surface area contributed by atoms with Crippen molar-refractivity contribution in [3.05, 3.63) is 50.4 Å². The molecule has 13 atom stereocenters. The van der Waals surface area contributed by atoms with Crippen molar-refractivity contribution in [1.29, 1.82) is 0 Å². The molecule has 40 heteroatoms. The van der Waals surface area contributed by atoms with E-state index in [0.29, 0.717) is 0 Å². The van der Waals surface area contributed by atoms with Crippen LogP contribution in [0.2, 0.25) is 0 Å². The van der Waals surface area contributed by atoms with Crippen LogP contribution in [0.3, 0.4) is 0 Å². The molecule has 0 amide bonds. The molecule has 0 radical (unpaired) electrons. The number of aromatic nitrogens is 6. The average molecular weight is 990 g/mol. The van der Waals surface area contributed by atoms with Gasteiger partial charge in [0.2, 0.25) is 0 Å². The highest BCUT2D eigenvalue weighted by molar-refractivity contribution is 7.71. The van der Waals surface area contributed by atoms with E-state index >= 15 is 0 Å². The minimum Gasteiger partial charge on any atom is -0.387 e. The van der Waals surface area contributed by atoms with Gasteiger partial charge in [-0.3, -0.25) is 32.5 Å². The van der Waals surface area contributed by atoms with Gasteiger partial charge in [-0.05, 0) is 6.07 Å². The number of aliphatic hydroxyl groups is 3. The molecule has 3 aromatic rings. The van der Waals surface area contributed by atoms with E-state index in [1.165, 1.54) is 6.07 Å². The summed E-state index contributed by atoms with van der Waals surface area (Å²) in [5.74, 6) is 0. The van der Waals surface area contributed by atoms with Gasteiger partial charge in [-0.1, -0.05) is 12.2 Å². The Morgan fingerprint density at radius 1 is 0.712 bits per heavy atom. The van der Waals surface area contributed by atoms with Crippen LogP contribution < -0.4 is 11.2 Å². The maximum atomic E-state index is 13.0. The standard InChI is InChI=1S/C19H28N6O27P6S/c26-11-7(46-17(12(11)27)24-2-1-9(59)23-19(24)30)3-44-54(34,35)51-58(42,43)52-56(38,39)48-14-8(4-45-55(36,37)50-57(40,41)49-53(31,32)33)47-18(13(14)28)25-6-22-10-15(25)20-5-21-16(10)29/h1-2,5-8,11-14,17-18,26-28H,3-4H2,(H,34,35)(H,36,37)(H,38,39)(H,40,41)(H,42,43)(H,20,21,29)(H,23,30,59)(H2,31,32,33)/t7-,8-,11-,12-,13-,14-,17-,18-/m1/s1. The molecule has 2 aliphatic rings. The molecule has 5 unspecified atom stereocenters. The molecule has 0 aliphatic carbocycles. The first-order valence-corrected chi connectivity index (χ1v) is 24.5. The summed E-state index contributed by atoms with van der Waals surface area (Å²) in [4.78, 5) is 104. The van der Waals surface area contributed by atoms with Crippen molar-refractivity contribution in [3.63, 3.8) is 0 Å². The molecule has 2 saturated heterocycles. The molecule has 2 fully saturated rings. The molecule has 12 N–H and O–H groups in total. The number of rotatable bonds is 18. The molecular formula is C19H28N6O27P6S. The van der Waals surface area contributed by atoms with Crippen molar-refractivity contribution in [2.45, 2.75) is 49.1 Å². The van der Waals surface area contributed by atoms with E-state index < -0.39 is 120 Å². The first-order valence-electron chi connectivity index (χ1n) is 15.1. The molecule has 0 spiro atoms. The highest BCUT2D eigenvalue weighted by Crippen LogP contribution is 2.69. The van der Waals surface area contributed by atoms with Gasteiger partial charge in [0.1, 0.15) is 41.3 Å². The zero-order valence-electron chi connectivity index (χ0n) is 28.1. The number of imidazole rings is 1. The summed E-state index contributed by atoms with van der Waals surface area (Å²) in [6.45, 7) is -2.73. The highest BCUT2D eigenvalue weighted by Gasteiger charge is 2.53. The van der Waals surface area contributed by atoms with Crippen LogP contribution in [0.5, 0.6) is 0 Å². The summed E-state index contributed by atoms with van der Waals surface area (Å²) in [6.07, 6.45) is -13.3. The fourth-order valence-corrected chi connectivity index (χ4v) is 12.0. The third kappa shape index (κ3) is 12.4. The number of ether oxygens (including phenoxy) is 2. The number of H-pyrrole nitrogens is 2. The predicted molar refractivity (Wildman–Crippen MR) is 182 cm³/mol. The highest BCUT2D eigenvalue weighted by atomic mass is 32.1. The zero-order valence-corrected chi connectivity index (χ0v) is 34.3. The van der Waals surface area contributed by atoms with Crippen LogP contribution in [0.4, 0.5) is 0 Å². The molecule has 5 heterocycles. The maximum absolute atomic E-state index is 13.0. The minimum absolute atomic E-state index is 0.00622. The number of hydrogen-bond donors (Lipinski definition) is 12. The SMILES string of the molecule is O=c1[nH]cnc2c1ncn2[C@@H]1O[C@H](COP(=O)(O)OP(=O)(O)OP(=O)(O)O)[C@@H](OP(=O)(O)OP(=O)(O)OP(=O)(O)OC[C@H]2O[C@@H](n3ccc(=S)[nH]c3=O)[C@H](O)[C@@H]2O)[C@H]1O. The number of aliphatic hydroxyl groups excluding tert-OH is 3. The Hall–Kier alpha value is -1.93. The van der Waals surface area contributed by atoms with E-state index in [2.05, 4.69) is 46.2 Å². The normalized spacial score (nSPS) is 30.3. The van der Waals surface area contributed by atoms with Crippen molar-refractivity contribution in [2.75, 3.05) is 13.2 Å². The van der Waals surface area contributed by atoms with Crippen LogP contribution in [0.15, 0.2) is 34.5 Å². The third-order valence-corrected chi connectivity index (χ3v) is 15.6. The van der Waals surface area contributed by atoms with Crippen molar-refractivity contribution in [1.82, 2.24) is 29.1 Å². The summed E-state index contributed by atoms with van der Waals surface area (Å²) in [7, 11) is -36.3. The van der Waals surface area contributed by atoms with Crippen LogP contribution in [-0.2, 0) is 67.7 Å². The fourth-order valence-electron chi connectivity index (χ4n) is 5.10. The second kappa shape index (κ2) is 17.7. The van der Waals surface area contributed by atoms with E-state index in [-0.39, 0.29) is 15.8 Å². The van der Waals surface area contributed by atoms with Gasteiger partial charge in [-0.15, -0.1) is 0 Å². The van der Waals surface area contributed by atoms with E-state index in [4.69, 9.17) is 36.0 Å². The van der Waals surface area contributed by atoms with E-state index in [0.717, 1.165) is 28.0 Å². The Labute approximate surface area is 328 Å². The molecule has 59 heavy (non-hydrogen) atoms. The summed E-state index contributed by atoms with van der Waals surface area (Å²) in [5, 5.41) is 31.8. The minimum atomic E-state index is -6.32. The third-order valence-electron chi connectivity index (χ3n) is 7.30. The van der Waals surface area contributed by atoms with Crippen molar-refractivity contribution in [2.24, 2.45) is 0 Å². The maximum Gasteiger partial charge on any atom is 0.490 e. The lowest BCUT2D eigenvalue weighted by Gasteiger charge is -2.24. The van der Waals surface area contributed by atoms with E-state index in [1.54, 1.807) is 0 Å². The van der Waals surface area contributed by atoms with Crippen molar-refractivity contribution < 1.29 is 117 Å². The molecular weight excluding hydrogens is 962 g/mol. The molecule has 3 aromatic heterocycles. The largest absolute Gasteiger partial charge is 0.490 e. The fraction of sp³-hybridized carbons (Fsp3) is 0.526. The first-order chi connectivity index (χ1) is 27.0. The number of nitrogens with one attached hydrogen (secondary N) is 2. The lowest BCUT2D eigenvalue weighted by molar-refractivity contribution is -0.0542. The topological polar surface area (TPSA) is 489 Å². The van der Waals surface area contributed by atoms with Crippen LogP contribution in [0, 0.1) is 4.64 Å². The van der Waals surface area contributed by atoms with Gasteiger partial charge in [0.15, 0.2) is 23.6 Å². The first kappa shape index (κ1) is 48.1. The molecule has 0 bridgehead atoms. The Morgan fingerprint density at radius 3 is 1.85 bits per heavy atom. The van der Waals surface area contributed by atoms with Crippen LogP contribution in [-0.4, -0.2) is 128 Å². The molecule has 5 rings (SSSR count). The van der Waals surface area contributed by atoms with E-state index in [9.17, 15) is 76.8 Å². The Kier molecular flexibility index (Phi) is 14.4. The second-order valence-corrected chi connectivity index (χ2v) is 20.9. The lowest BCUT2D eigenvalue weighted by atomic mass is 10.1. The van der Waals surface area contributed by atoms with Crippen molar-refractivity contribution >= 4 is 70.3 Å². The smallest absolute Gasteiger partial charge is 0.387 e. The van der Waals surface area contributed by atoms with Gasteiger partial charge in [0.05, 0.1) is 25.9 Å². The number of phosphoric acid groups is 6.